The van der Waals surface area contributed by atoms with Crippen LogP contribution in [0.1, 0.15) is 22.6 Å². The molecule has 1 aliphatic heterocycles. The van der Waals surface area contributed by atoms with E-state index < -0.39 is 10.0 Å². The summed E-state index contributed by atoms with van der Waals surface area (Å²) in [6.45, 7) is 2.98. The summed E-state index contributed by atoms with van der Waals surface area (Å²) in [6.07, 6.45) is 2.03. The molecule has 1 aromatic carbocycles. The number of hydrogen-bond donors (Lipinski definition) is 0. The van der Waals surface area contributed by atoms with Crippen molar-refractivity contribution in [2.75, 3.05) is 26.2 Å². The van der Waals surface area contributed by atoms with Gasteiger partial charge >= 0.3 is 0 Å². The van der Waals surface area contributed by atoms with Gasteiger partial charge in [-0.15, -0.1) is 0 Å². The van der Waals surface area contributed by atoms with Crippen LogP contribution in [0.5, 0.6) is 0 Å². The summed E-state index contributed by atoms with van der Waals surface area (Å²) in [7, 11) is -1.95. The smallest absolute Gasteiger partial charge is 0.262 e. The Morgan fingerprint density at radius 3 is 2.56 bits per heavy atom. The topological polar surface area (TPSA) is 75.5 Å². The lowest BCUT2D eigenvalue weighted by Crippen LogP contribution is -2.37. The van der Waals surface area contributed by atoms with Gasteiger partial charge in [0.2, 0.25) is 0 Å². The summed E-state index contributed by atoms with van der Waals surface area (Å²) in [4.78, 5) is 18.5. The van der Waals surface area contributed by atoms with Crippen molar-refractivity contribution in [3.8, 4) is 0 Å². The van der Waals surface area contributed by atoms with Crippen LogP contribution in [-0.4, -0.2) is 59.3 Å². The molecule has 1 aliphatic rings. The second-order valence-electron chi connectivity index (χ2n) is 6.41. The Kier molecular flexibility index (Phi) is 5.81. The number of sulfonamides is 1. The lowest BCUT2D eigenvalue weighted by molar-refractivity contribution is 0.0764. The average molecular weight is 431 g/mol. The van der Waals surface area contributed by atoms with Gasteiger partial charge in [-0.1, -0.05) is 23.2 Å². The number of rotatable bonds is 3. The van der Waals surface area contributed by atoms with E-state index >= 15 is 0 Å². The van der Waals surface area contributed by atoms with Crippen molar-refractivity contribution < 1.29 is 13.2 Å². The maximum Gasteiger partial charge on any atom is 0.262 e. The molecule has 2 heterocycles. The first kappa shape index (κ1) is 20.1. The fraction of sp³-hybridized carbons (Fsp3) is 0.412. The summed E-state index contributed by atoms with van der Waals surface area (Å²) in [5.41, 5.74) is 0.320. The number of aryl methyl sites for hydroxylation is 2. The van der Waals surface area contributed by atoms with E-state index in [4.69, 9.17) is 23.2 Å². The molecule has 1 amide bonds. The van der Waals surface area contributed by atoms with Crippen molar-refractivity contribution in [2.24, 2.45) is 7.05 Å². The predicted molar refractivity (Wildman–Crippen MR) is 104 cm³/mol. The highest BCUT2D eigenvalue weighted by Crippen LogP contribution is 2.23. The van der Waals surface area contributed by atoms with Crippen LogP contribution in [0, 0.1) is 6.92 Å². The second kappa shape index (κ2) is 7.79. The molecule has 0 atom stereocenters. The molecular weight excluding hydrogens is 411 g/mol. The largest absolute Gasteiger partial charge is 0.337 e. The Morgan fingerprint density at radius 2 is 1.89 bits per heavy atom. The molecule has 2 aromatic rings. The van der Waals surface area contributed by atoms with Gasteiger partial charge in [0.15, 0.2) is 5.03 Å². The average Bonchev–Trinajstić information content (AvgIpc) is 2.84. The molecule has 1 saturated heterocycles. The summed E-state index contributed by atoms with van der Waals surface area (Å²) in [5, 5.41) is 0.773. The number of carbonyl (C=O) groups is 1. The van der Waals surface area contributed by atoms with Crippen LogP contribution in [0.2, 0.25) is 10.0 Å². The minimum Gasteiger partial charge on any atom is -0.337 e. The normalized spacial score (nSPS) is 16.4. The minimum atomic E-state index is -3.70. The molecule has 0 saturated carbocycles. The van der Waals surface area contributed by atoms with E-state index in [0.29, 0.717) is 40.9 Å². The number of carbonyl (C=O) groups excluding carboxylic acids is 1. The monoisotopic (exact) mass is 430 g/mol. The molecule has 0 spiro atoms. The van der Waals surface area contributed by atoms with Gasteiger partial charge in [-0.3, -0.25) is 4.79 Å². The summed E-state index contributed by atoms with van der Waals surface area (Å²) >= 11 is 12.1. The molecule has 0 radical (unpaired) electrons. The van der Waals surface area contributed by atoms with E-state index in [1.165, 1.54) is 16.6 Å². The molecule has 3 rings (SSSR count). The van der Waals surface area contributed by atoms with Crippen molar-refractivity contribution >= 4 is 39.1 Å². The SMILES string of the molecule is Cc1nc(S(=O)(=O)N2CCCN(C(=O)c3cc(Cl)ccc3Cl)CC2)cn1C. The molecular formula is C17H20Cl2N4O3S. The molecule has 27 heavy (non-hydrogen) atoms. The zero-order chi connectivity index (χ0) is 19.8. The molecule has 0 aliphatic carbocycles. The molecule has 10 heteroatoms. The number of amides is 1. The molecule has 0 bridgehead atoms. The molecule has 0 N–H and O–H groups in total. The molecule has 1 fully saturated rings. The van der Waals surface area contributed by atoms with Crippen LogP contribution in [0.25, 0.3) is 0 Å². The highest BCUT2D eigenvalue weighted by atomic mass is 35.5. The Bertz CT molecular complexity index is 955. The van der Waals surface area contributed by atoms with Gasteiger partial charge in [-0.2, -0.15) is 4.31 Å². The van der Waals surface area contributed by atoms with Crippen molar-refractivity contribution in [1.82, 2.24) is 18.8 Å². The molecule has 7 nitrogen and oxygen atoms in total. The van der Waals surface area contributed by atoms with E-state index in [1.807, 2.05) is 0 Å². The second-order valence-corrected chi connectivity index (χ2v) is 9.14. The van der Waals surface area contributed by atoms with Gasteiger partial charge in [-0.25, -0.2) is 13.4 Å². The highest BCUT2D eigenvalue weighted by molar-refractivity contribution is 7.89. The van der Waals surface area contributed by atoms with Gasteiger partial charge in [-0.05, 0) is 31.5 Å². The number of hydrogen-bond acceptors (Lipinski definition) is 4. The van der Waals surface area contributed by atoms with Crippen LogP contribution in [0.3, 0.4) is 0 Å². The Morgan fingerprint density at radius 1 is 1.15 bits per heavy atom. The number of benzene rings is 1. The maximum absolute atomic E-state index is 12.9. The third-order valence-electron chi connectivity index (χ3n) is 4.59. The first-order chi connectivity index (χ1) is 12.7. The fourth-order valence-electron chi connectivity index (χ4n) is 2.95. The van der Waals surface area contributed by atoms with E-state index in [1.54, 1.807) is 35.6 Å². The van der Waals surface area contributed by atoms with Crippen LogP contribution in [0.15, 0.2) is 29.4 Å². The molecule has 1 aromatic heterocycles. The van der Waals surface area contributed by atoms with Crippen LogP contribution in [-0.2, 0) is 17.1 Å². The van der Waals surface area contributed by atoms with E-state index in [0.717, 1.165) is 0 Å². The quantitative estimate of drug-likeness (QED) is 0.749. The van der Waals surface area contributed by atoms with Crippen molar-refractivity contribution in [3.63, 3.8) is 0 Å². The third-order valence-corrected chi connectivity index (χ3v) is 6.93. The highest BCUT2D eigenvalue weighted by Gasteiger charge is 2.31. The first-order valence-corrected chi connectivity index (χ1v) is 10.6. The van der Waals surface area contributed by atoms with Crippen LogP contribution < -0.4 is 0 Å². The molecule has 146 valence electrons. The van der Waals surface area contributed by atoms with Gasteiger partial charge in [0.05, 0.1) is 10.6 Å². The Labute approximate surface area is 168 Å². The van der Waals surface area contributed by atoms with E-state index in [2.05, 4.69) is 4.98 Å². The third kappa shape index (κ3) is 4.13. The van der Waals surface area contributed by atoms with Gasteiger partial charge in [0.25, 0.3) is 15.9 Å². The Balaban J connectivity index is 1.77. The number of nitrogens with zero attached hydrogens (tertiary/aromatic N) is 4. The summed E-state index contributed by atoms with van der Waals surface area (Å²) in [5.74, 6) is 0.367. The van der Waals surface area contributed by atoms with Crippen molar-refractivity contribution in [2.45, 2.75) is 18.4 Å². The summed E-state index contributed by atoms with van der Waals surface area (Å²) < 4.78 is 28.8. The van der Waals surface area contributed by atoms with E-state index in [9.17, 15) is 13.2 Å². The van der Waals surface area contributed by atoms with Crippen molar-refractivity contribution in [1.29, 1.82) is 0 Å². The lowest BCUT2D eigenvalue weighted by Gasteiger charge is -2.22. The van der Waals surface area contributed by atoms with E-state index in [-0.39, 0.29) is 24.0 Å². The van der Waals surface area contributed by atoms with Gasteiger partial charge in [0, 0.05) is 44.4 Å². The predicted octanol–water partition coefficient (Wildman–Crippen LogP) is 2.57. The Hall–Kier alpha value is -1.61. The van der Waals surface area contributed by atoms with Crippen molar-refractivity contribution in [3.05, 3.63) is 45.8 Å². The lowest BCUT2D eigenvalue weighted by atomic mass is 10.2. The number of imidazole rings is 1. The number of aromatic nitrogens is 2. The zero-order valence-corrected chi connectivity index (χ0v) is 17.4. The zero-order valence-electron chi connectivity index (χ0n) is 15.0. The van der Waals surface area contributed by atoms with Gasteiger partial charge in [0.1, 0.15) is 5.82 Å². The fourth-order valence-corrected chi connectivity index (χ4v) is 4.82. The standard InChI is InChI=1S/C17H20Cl2N4O3S/c1-12-20-16(11-21(12)2)27(25,26)23-7-3-6-22(8-9-23)17(24)14-10-13(18)4-5-15(14)19/h4-5,10-11H,3,6-9H2,1-2H3. The van der Waals surface area contributed by atoms with Crippen LogP contribution in [0.4, 0.5) is 0 Å². The molecule has 0 unspecified atom stereocenters. The first-order valence-electron chi connectivity index (χ1n) is 8.44. The number of halogens is 2. The summed E-state index contributed by atoms with van der Waals surface area (Å²) in [6, 6.07) is 4.73. The van der Waals surface area contributed by atoms with Gasteiger partial charge < -0.3 is 9.47 Å². The maximum atomic E-state index is 12.9. The minimum absolute atomic E-state index is 0.0279. The van der Waals surface area contributed by atoms with Crippen LogP contribution >= 0.6 is 23.2 Å².